The average molecular weight is 350 g/mol. The Kier molecular flexibility index (Phi) is 6.08. The summed E-state index contributed by atoms with van der Waals surface area (Å²) in [5.74, 6) is 1.69. The molecule has 21 heavy (non-hydrogen) atoms. The van der Waals surface area contributed by atoms with Gasteiger partial charge >= 0.3 is 0 Å². The van der Waals surface area contributed by atoms with Gasteiger partial charge in [-0.1, -0.05) is 22.0 Å². The minimum absolute atomic E-state index is 0.487. The van der Waals surface area contributed by atoms with E-state index in [4.69, 9.17) is 15.2 Å². The summed E-state index contributed by atoms with van der Waals surface area (Å²) in [6, 6.07) is 14.0. The molecule has 0 amide bonds. The number of rotatable bonds is 7. The van der Waals surface area contributed by atoms with Gasteiger partial charge in [0, 0.05) is 10.0 Å². The first-order chi connectivity index (χ1) is 10.2. The van der Waals surface area contributed by atoms with E-state index >= 15 is 0 Å². The molecule has 0 saturated carbocycles. The van der Waals surface area contributed by atoms with Crippen LogP contribution in [0.3, 0.4) is 0 Å². The fourth-order valence-electron chi connectivity index (χ4n) is 2.10. The zero-order valence-corrected chi connectivity index (χ0v) is 13.7. The van der Waals surface area contributed by atoms with Crippen molar-refractivity contribution in [3.05, 3.63) is 58.1 Å². The van der Waals surface area contributed by atoms with Gasteiger partial charge in [-0.3, -0.25) is 0 Å². The Morgan fingerprint density at radius 2 is 1.86 bits per heavy atom. The van der Waals surface area contributed by atoms with E-state index in [1.54, 1.807) is 7.11 Å². The molecule has 0 spiro atoms. The van der Waals surface area contributed by atoms with Gasteiger partial charge in [0.1, 0.15) is 18.1 Å². The summed E-state index contributed by atoms with van der Waals surface area (Å²) in [5.41, 5.74) is 7.87. The number of aryl methyl sites for hydroxylation is 1. The highest BCUT2D eigenvalue weighted by molar-refractivity contribution is 9.10. The van der Waals surface area contributed by atoms with E-state index < -0.39 is 0 Å². The first-order valence-corrected chi connectivity index (χ1v) is 7.76. The zero-order valence-electron chi connectivity index (χ0n) is 12.1. The summed E-state index contributed by atoms with van der Waals surface area (Å²) < 4.78 is 12.3. The van der Waals surface area contributed by atoms with Crippen molar-refractivity contribution in [1.29, 1.82) is 0 Å². The van der Waals surface area contributed by atoms with Crippen LogP contribution < -0.4 is 15.2 Å². The molecule has 0 heterocycles. The van der Waals surface area contributed by atoms with E-state index in [0.29, 0.717) is 13.2 Å². The molecular weight excluding hydrogens is 330 g/mol. The highest BCUT2D eigenvalue weighted by Crippen LogP contribution is 2.23. The van der Waals surface area contributed by atoms with Crippen molar-refractivity contribution < 1.29 is 9.47 Å². The molecule has 4 heteroatoms. The molecule has 0 aliphatic heterocycles. The largest absolute Gasteiger partial charge is 0.496 e. The molecular formula is C17H20BrNO2. The Morgan fingerprint density at radius 3 is 2.52 bits per heavy atom. The smallest absolute Gasteiger partial charge is 0.125 e. The normalized spacial score (nSPS) is 10.4. The van der Waals surface area contributed by atoms with Crippen LogP contribution in [-0.2, 0) is 13.0 Å². The molecule has 0 bridgehead atoms. The summed E-state index contributed by atoms with van der Waals surface area (Å²) >= 11 is 3.41. The molecule has 0 aromatic heterocycles. The molecule has 2 aromatic carbocycles. The molecule has 2 aromatic rings. The molecule has 0 fully saturated rings. The Morgan fingerprint density at radius 1 is 1.10 bits per heavy atom. The van der Waals surface area contributed by atoms with Crippen LogP contribution in [0.5, 0.6) is 11.5 Å². The van der Waals surface area contributed by atoms with Gasteiger partial charge in [-0.05, 0) is 61.3 Å². The van der Waals surface area contributed by atoms with E-state index in [9.17, 15) is 0 Å². The van der Waals surface area contributed by atoms with Crippen molar-refractivity contribution >= 4 is 15.9 Å². The van der Waals surface area contributed by atoms with Gasteiger partial charge in [-0.25, -0.2) is 0 Å². The second-order valence-electron chi connectivity index (χ2n) is 4.78. The van der Waals surface area contributed by atoms with E-state index in [1.807, 2.05) is 30.3 Å². The third-order valence-electron chi connectivity index (χ3n) is 3.22. The van der Waals surface area contributed by atoms with Crippen LogP contribution in [0.25, 0.3) is 0 Å². The standard InChI is InChI=1S/C17H20BrNO2/c1-20-17-9-4-13(3-2-10-19)11-14(17)12-21-16-7-5-15(18)6-8-16/h4-9,11H,2-3,10,12,19H2,1H3. The van der Waals surface area contributed by atoms with Crippen LogP contribution in [0.2, 0.25) is 0 Å². The molecule has 0 atom stereocenters. The maximum atomic E-state index is 5.82. The summed E-state index contributed by atoms with van der Waals surface area (Å²) in [7, 11) is 1.68. The van der Waals surface area contributed by atoms with Crippen LogP contribution in [-0.4, -0.2) is 13.7 Å². The second-order valence-corrected chi connectivity index (χ2v) is 5.70. The number of benzene rings is 2. The van der Waals surface area contributed by atoms with Crippen molar-refractivity contribution in [3.8, 4) is 11.5 Å². The van der Waals surface area contributed by atoms with Gasteiger partial charge in [-0.2, -0.15) is 0 Å². The fourth-order valence-corrected chi connectivity index (χ4v) is 2.36. The van der Waals surface area contributed by atoms with Crippen LogP contribution in [0.4, 0.5) is 0 Å². The zero-order chi connectivity index (χ0) is 15.1. The third kappa shape index (κ3) is 4.76. The topological polar surface area (TPSA) is 44.5 Å². The molecule has 0 aliphatic rings. The quantitative estimate of drug-likeness (QED) is 0.823. The number of hydrogen-bond acceptors (Lipinski definition) is 3. The van der Waals surface area contributed by atoms with Crippen LogP contribution in [0, 0.1) is 0 Å². The number of ether oxygens (including phenoxy) is 2. The summed E-state index contributed by atoms with van der Waals surface area (Å²) in [4.78, 5) is 0. The van der Waals surface area contributed by atoms with E-state index in [1.165, 1.54) is 5.56 Å². The van der Waals surface area contributed by atoms with Gasteiger partial charge in [-0.15, -0.1) is 0 Å². The average Bonchev–Trinajstić information content (AvgIpc) is 2.52. The lowest BCUT2D eigenvalue weighted by molar-refractivity contribution is 0.296. The van der Waals surface area contributed by atoms with Crippen molar-refractivity contribution in [1.82, 2.24) is 0 Å². The molecule has 0 radical (unpaired) electrons. The summed E-state index contributed by atoms with van der Waals surface area (Å²) in [6.07, 6.45) is 1.96. The molecule has 2 rings (SSSR count). The van der Waals surface area contributed by atoms with E-state index in [2.05, 4.69) is 28.1 Å². The molecule has 0 unspecified atom stereocenters. The number of halogens is 1. The molecule has 0 aliphatic carbocycles. The Bertz CT molecular complexity index is 570. The fraction of sp³-hybridized carbons (Fsp3) is 0.294. The van der Waals surface area contributed by atoms with Crippen LogP contribution >= 0.6 is 15.9 Å². The minimum Gasteiger partial charge on any atom is -0.496 e. The van der Waals surface area contributed by atoms with Gasteiger partial charge < -0.3 is 15.2 Å². The highest BCUT2D eigenvalue weighted by Gasteiger charge is 2.06. The highest BCUT2D eigenvalue weighted by atomic mass is 79.9. The number of nitrogens with two attached hydrogens (primary N) is 1. The van der Waals surface area contributed by atoms with Gasteiger partial charge in [0.15, 0.2) is 0 Å². The molecule has 112 valence electrons. The minimum atomic E-state index is 0.487. The van der Waals surface area contributed by atoms with Crippen LogP contribution in [0.1, 0.15) is 17.5 Å². The number of methoxy groups -OCH3 is 1. The van der Waals surface area contributed by atoms with E-state index in [-0.39, 0.29) is 0 Å². The first-order valence-electron chi connectivity index (χ1n) is 6.97. The predicted octanol–water partition coefficient (Wildman–Crippen LogP) is 3.93. The molecule has 2 N–H and O–H groups in total. The lowest BCUT2D eigenvalue weighted by atomic mass is 10.1. The summed E-state index contributed by atoms with van der Waals surface area (Å²) in [5, 5.41) is 0. The molecule has 3 nitrogen and oxygen atoms in total. The van der Waals surface area contributed by atoms with Gasteiger partial charge in [0.05, 0.1) is 7.11 Å². The van der Waals surface area contributed by atoms with E-state index in [0.717, 1.165) is 34.4 Å². The lowest BCUT2D eigenvalue weighted by Crippen LogP contribution is -2.03. The Balaban J connectivity index is 2.07. The maximum absolute atomic E-state index is 5.82. The van der Waals surface area contributed by atoms with Crippen LogP contribution in [0.15, 0.2) is 46.9 Å². The Hall–Kier alpha value is -1.52. The van der Waals surface area contributed by atoms with Crippen molar-refractivity contribution in [2.75, 3.05) is 13.7 Å². The van der Waals surface area contributed by atoms with Crippen molar-refractivity contribution in [2.24, 2.45) is 5.73 Å². The number of hydrogen-bond donors (Lipinski definition) is 1. The van der Waals surface area contributed by atoms with Crippen molar-refractivity contribution in [3.63, 3.8) is 0 Å². The second kappa shape index (κ2) is 8.05. The Labute approximate surface area is 134 Å². The molecule has 0 saturated heterocycles. The predicted molar refractivity (Wildman–Crippen MR) is 88.8 cm³/mol. The third-order valence-corrected chi connectivity index (χ3v) is 3.75. The maximum Gasteiger partial charge on any atom is 0.125 e. The van der Waals surface area contributed by atoms with Gasteiger partial charge in [0.25, 0.3) is 0 Å². The summed E-state index contributed by atoms with van der Waals surface area (Å²) in [6.45, 7) is 1.19. The van der Waals surface area contributed by atoms with Gasteiger partial charge in [0.2, 0.25) is 0 Å². The lowest BCUT2D eigenvalue weighted by Gasteiger charge is -2.12. The first kappa shape index (κ1) is 15.9. The SMILES string of the molecule is COc1ccc(CCCN)cc1COc1ccc(Br)cc1. The monoisotopic (exact) mass is 349 g/mol. The van der Waals surface area contributed by atoms with Crippen molar-refractivity contribution in [2.45, 2.75) is 19.4 Å².